The Morgan fingerprint density at radius 3 is 2.94 bits per heavy atom. The molecule has 94 valence electrons. The van der Waals surface area contributed by atoms with Crippen molar-refractivity contribution in [3.63, 3.8) is 0 Å². The van der Waals surface area contributed by atoms with Crippen LogP contribution in [-0.4, -0.2) is 20.5 Å². The van der Waals surface area contributed by atoms with E-state index in [0.717, 1.165) is 16.0 Å². The quantitative estimate of drug-likeness (QED) is 0.941. The summed E-state index contributed by atoms with van der Waals surface area (Å²) in [5.41, 5.74) is 0.715. The second-order valence-electron chi connectivity index (χ2n) is 3.96. The van der Waals surface area contributed by atoms with E-state index in [4.69, 9.17) is 0 Å². The lowest BCUT2D eigenvalue weighted by Crippen LogP contribution is -2.13. The molecule has 0 aliphatic heterocycles. The van der Waals surface area contributed by atoms with E-state index in [2.05, 4.69) is 35.8 Å². The molecule has 2 heterocycles. The van der Waals surface area contributed by atoms with Crippen LogP contribution >= 0.6 is 27.5 Å². The minimum Gasteiger partial charge on any atom is -0.306 e. The second-order valence-corrected chi connectivity index (χ2v) is 5.63. The van der Waals surface area contributed by atoms with Crippen LogP contribution in [0.25, 0.3) is 0 Å². The molecule has 0 aromatic carbocycles. The van der Waals surface area contributed by atoms with Gasteiger partial charge in [0.2, 0.25) is 0 Å². The maximum Gasteiger partial charge on any atom is 0.270 e. The maximum atomic E-state index is 12.1. The monoisotopic (exact) mass is 326 g/mol. The van der Waals surface area contributed by atoms with Crippen molar-refractivity contribution in [3.05, 3.63) is 33.4 Å². The molecule has 2 rings (SSSR count). The Kier molecular flexibility index (Phi) is 4.03. The lowest BCUT2D eigenvalue weighted by Gasteiger charge is -2.05. The number of carbonyl (C=O) groups excluding carboxylic acids is 1. The van der Waals surface area contributed by atoms with Gasteiger partial charge in [-0.2, -0.15) is 0 Å². The van der Waals surface area contributed by atoms with Crippen molar-refractivity contribution in [2.75, 3.05) is 5.32 Å². The van der Waals surface area contributed by atoms with E-state index in [1.165, 1.54) is 0 Å². The largest absolute Gasteiger partial charge is 0.306 e. The highest BCUT2D eigenvalue weighted by Gasteiger charge is 2.18. The van der Waals surface area contributed by atoms with E-state index < -0.39 is 0 Å². The molecule has 0 unspecified atom stereocenters. The number of halogens is 1. The van der Waals surface area contributed by atoms with Crippen LogP contribution in [0.1, 0.15) is 35.1 Å². The van der Waals surface area contributed by atoms with E-state index in [-0.39, 0.29) is 11.8 Å². The molecule has 0 spiro atoms. The van der Waals surface area contributed by atoms with E-state index in [1.54, 1.807) is 18.3 Å². The van der Waals surface area contributed by atoms with Crippen LogP contribution in [0.4, 0.5) is 5.82 Å². The molecule has 0 radical (unpaired) electrons. The normalized spacial score (nSPS) is 10.7. The molecule has 1 amide bonds. The summed E-state index contributed by atoms with van der Waals surface area (Å²) in [4.78, 5) is 16.7. The number of rotatable bonds is 3. The molecule has 7 heteroatoms. The van der Waals surface area contributed by atoms with Crippen molar-refractivity contribution in [1.82, 2.24) is 14.6 Å². The smallest absolute Gasteiger partial charge is 0.270 e. The van der Waals surface area contributed by atoms with Crippen LogP contribution in [0.2, 0.25) is 0 Å². The Hall–Kier alpha value is -1.34. The molecule has 0 fully saturated rings. The zero-order chi connectivity index (χ0) is 13.1. The highest BCUT2D eigenvalue weighted by Crippen LogP contribution is 2.21. The van der Waals surface area contributed by atoms with Gasteiger partial charge in [-0.05, 0) is 29.6 Å². The highest BCUT2D eigenvalue weighted by molar-refractivity contribution is 9.10. The standard InChI is InChI=1S/C11H11BrN4OS/c1-6(2)9-10(18-16-15-9)11(17)14-8-5-7(12)3-4-13-8/h3-6H,1-2H3,(H,13,14,17). The Bertz CT molecular complexity index is 570. The van der Waals surface area contributed by atoms with Gasteiger partial charge in [-0.25, -0.2) is 4.98 Å². The number of pyridine rings is 1. The summed E-state index contributed by atoms with van der Waals surface area (Å²) in [5, 5.41) is 6.70. The Morgan fingerprint density at radius 2 is 2.28 bits per heavy atom. The fourth-order valence-corrected chi connectivity index (χ4v) is 2.43. The van der Waals surface area contributed by atoms with E-state index >= 15 is 0 Å². The Labute approximate surface area is 117 Å². The van der Waals surface area contributed by atoms with Gasteiger partial charge in [-0.1, -0.05) is 34.3 Å². The first-order valence-electron chi connectivity index (χ1n) is 5.33. The van der Waals surface area contributed by atoms with Crippen LogP contribution in [0.5, 0.6) is 0 Å². The van der Waals surface area contributed by atoms with Gasteiger partial charge in [-0.15, -0.1) is 5.10 Å². The molecule has 2 aromatic rings. The molecule has 2 aromatic heterocycles. The van der Waals surface area contributed by atoms with Crippen molar-refractivity contribution < 1.29 is 4.79 Å². The predicted molar refractivity (Wildman–Crippen MR) is 73.9 cm³/mol. The predicted octanol–water partition coefficient (Wildman–Crippen LogP) is 3.07. The SMILES string of the molecule is CC(C)c1nnsc1C(=O)Nc1cc(Br)ccn1. The number of aromatic nitrogens is 3. The fourth-order valence-electron chi connectivity index (χ4n) is 1.38. The molecule has 18 heavy (non-hydrogen) atoms. The summed E-state index contributed by atoms with van der Waals surface area (Å²) < 4.78 is 4.69. The molecule has 0 aliphatic carbocycles. The average molecular weight is 327 g/mol. The number of anilines is 1. The highest BCUT2D eigenvalue weighted by atomic mass is 79.9. The average Bonchev–Trinajstić information content (AvgIpc) is 2.77. The zero-order valence-electron chi connectivity index (χ0n) is 9.85. The van der Waals surface area contributed by atoms with E-state index in [9.17, 15) is 4.79 Å². The van der Waals surface area contributed by atoms with Gasteiger partial charge in [-0.3, -0.25) is 4.79 Å². The molecule has 1 N–H and O–H groups in total. The first kappa shape index (κ1) is 13.1. The van der Waals surface area contributed by atoms with E-state index in [0.29, 0.717) is 16.4 Å². The number of hydrogen-bond donors (Lipinski definition) is 1. The van der Waals surface area contributed by atoms with Crippen LogP contribution in [-0.2, 0) is 0 Å². The van der Waals surface area contributed by atoms with Crippen molar-refractivity contribution in [2.24, 2.45) is 0 Å². The molecule has 0 aliphatic rings. The number of carbonyl (C=O) groups is 1. The number of amides is 1. The molecule has 0 saturated heterocycles. The molecule has 0 bridgehead atoms. The summed E-state index contributed by atoms with van der Waals surface area (Å²) >= 11 is 4.42. The third-order valence-electron chi connectivity index (χ3n) is 2.23. The lowest BCUT2D eigenvalue weighted by molar-refractivity contribution is 0.102. The van der Waals surface area contributed by atoms with Crippen molar-refractivity contribution in [1.29, 1.82) is 0 Å². The summed E-state index contributed by atoms with van der Waals surface area (Å²) in [7, 11) is 0. The third kappa shape index (κ3) is 2.91. The van der Waals surface area contributed by atoms with Crippen molar-refractivity contribution in [2.45, 2.75) is 19.8 Å². The van der Waals surface area contributed by atoms with Gasteiger partial charge in [0.25, 0.3) is 5.91 Å². The molecule has 0 atom stereocenters. The maximum absolute atomic E-state index is 12.1. The number of hydrogen-bond acceptors (Lipinski definition) is 5. The first-order chi connectivity index (χ1) is 8.58. The Morgan fingerprint density at radius 1 is 1.50 bits per heavy atom. The van der Waals surface area contributed by atoms with E-state index in [1.807, 2.05) is 13.8 Å². The molecule has 5 nitrogen and oxygen atoms in total. The Balaban J connectivity index is 2.20. The zero-order valence-corrected chi connectivity index (χ0v) is 12.2. The van der Waals surface area contributed by atoms with Gasteiger partial charge in [0.15, 0.2) is 0 Å². The second kappa shape index (κ2) is 5.53. The summed E-state index contributed by atoms with van der Waals surface area (Å²) in [6.07, 6.45) is 1.62. The number of nitrogens with zero attached hydrogens (tertiary/aromatic N) is 3. The topological polar surface area (TPSA) is 67.8 Å². The molecular formula is C11H11BrN4OS. The van der Waals surface area contributed by atoms with Crippen molar-refractivity contribution in [3.8, 4) is 0 Å². The van der Waals surface area contributed by atoms with Crippen LogP contribution in [0, 0.1) is 0 Å². The third-order valence-corrected chi connectivity index (χ3v) is 3.46. The number of nitrogens with one attached hydrogen (secondary N) is 1. The van der Waals surface area contributed by atoms with Gasteiger partial charge < -0.3 is 5.32 Å². The summed E-state index contributed by atoms with van der Waals surface area (Å²) in [6.45, 7) is 3.95. The van der Waals surface area contributed by atoms with Crippen LogP contribution in [0.15, 0.2) is 22.8 Å². The van der Waals surface area contributed by atoms with Gasteiger partial charge in [0.05, 0.1) is 5.69 Å². The minimum absolute atomic E-state index is 0.167. The van der Waals surface area contributed by atoms with Crippen molar-refractivity contribution >= 4 is 39.2 Å². The minimum atomic E-state index is -0.223. The summed E-state index contributed by atoms with van der Waals surface area (Å²) in [6, 6.07) is 3.53. The van der Waals surface area contributed by atoms with Crippen LogP contribution in [0.3, 0.4) is 0 Å². The lowest BCUT2D eigenvalue weighted by atomic mass is 10.1. The molecular weight excluding hydrogens is 316 g/mol. The fraction of sp³-hybridized carbons (Fsp3) is 0.273. The summed E-state index contributed by atoms with van der Waals surface area (Å²) in [5.74, 6) is 0.441. The van der Waals surface area contributed by atoms with Gasteiger partial charge in [0, 0.05) is 10.7 Å². The van der Waals surface area contributed by atoms with Gasteiger partial charge >= 0.3 is 0 Å². The van der Waals surface area contributed by atoms with Crippen LogP contribution < -0.4 is 5.32 Å². The van der Waals surface area contributed by atoms with Gasteiger partial charge in [0.1, 0.15) is 10.7 Å². The first-order valence-corrected chi connectivity index (χ1v) is 6.89. The molecule has 0 saturated carbocycles.